The summed E-state index contributed by atoms with van der Waals surface area (Å²) in [5.41, 5.74) is 2.39. The number of benzene rings is 2. The minimum atomic E-state index is -0.606. The Morgan fingerprint density at radius 2 is 1.82 bits per heavy atom. The average Bonchev–Trinajstić information content (AvgIpc) is 2.68. The lowest BCUT2D eigenvalue weighted by molar-refractivity contribution is -0.146. The van der Waals surface area contributed by atoms with Gasteiger partial charge >= 0.3 is 5.97 Å². The third kappa shape index (κ3) is 4.57. The number of rotatable bonds is 6. The second kappa shape index (κ2) is 8.97. The van der Waals surface area contributed by atoms with Crippen LogP contribution in [-0.2, 0) is 9.53 Å². The van der Waals surface area contributed by atoms with E-state index in [0.29, 0.717) is 17.4 Å². The minimum absolute atomic E-state index is 0.0929. The van der Waals surface area contributed by atoms with E-state index in [4.69, 9.17) is 21.7 Å². The van der Waals surface area contributed by atoms with E-state index in [9.17, 15) is 4.79 Å². The molecule has 5 nitrogen and oxygen atoms in total. The first-order valence-corrected chi connectivity index (χ1v) is 9.78. The Kier molecular flexibility index (Phi) is 6.41. The predicted molar refractivity (Wildman–Crippen MR) is 114 cm³/mol. The first-order valence-electron chi connectivity index (χ1n) is 9.37. The fraction of sp³-hybridized carbons (Fsp3) is 0.318. The molecule has 1 N–H and O–H groups in total. The number of esters is 1. The van der Waals surface area contributed by atoms with Crippen molar-refractivity contribution in [2.75, 3.05) is 6.61 Å². The fourth-order valence-corrected chi connectivity index (χ4v) is 3.45. The molecule has 0 fully saturated rings. The quantitative estimate of drug-likeness (QED) is 0.589. The van der Waals surface area contributed by atoms with Crippen LogP contribution in [0.25, 0.3) is 0 Å². The van der Waals surface area contributed by atoms with Crippen molar-refractivity contribution in [1.29, 1.82) is 0 Å². The molecule has 0 saturated heterocycles. The number of nitrogens with one attached hydrogen (secondary N) is 1. The van der Waals surface area contributed by atoms with Crippen LogP contribution >= 0.6 is 12.2 Å². The smallest absolute Gasteiger partial charge is 0.317 e. The van der Waals surface area contributed by atoms with Crippen LogP contribution in [0.3, 0.4) is 0 Å². The van der Waals surface area contributed by atoms with Gasteiger partial charge in [0.2, 0.25) is 0 Å². The van der Waals surface area contributed by atoms with Crippen LogP contribution in [0.4, 0.5) is 0 Å². The fourth-order valence-electron chi connectivity index (χ4n) is 3.22. The second-order valence-corrected chi connectivity index (χ2v) is 7.14. The van der Waals surface area contributed by atoms with Crippen molar-refractivity contribution < 1.29 is 14.3 Å². The minimum Gasteiger partial charge on any atom is -0.491 e. The van der Waals surface area contributed by atoms with Crippen LogP contribution < -0.4 is 10.1 Å². The Morgan fingerprint density at radius 3 is 2.43 bits per heavy atom. The molecule has 0 bridgehead atoms. The van der Waals surface area contributed by atoms with Gasteiger partial charge in [0.15, 0.2) is 5.11 Å². The zero-order valence-electron chi connectivity index (χ0n) is 16.2. The van der Waals surface area contributed by atoms with Gasteiger partial charge in [0, 0.05) is 0 Å². The molecular weight excluding hydrogens is 372 g/mol. The Labute approximate surface area is 170 Å². The van der Waals surface area contributed by atoms with E-state index in [1.54, 1.807) is 6.92 Å². The molecule has 1 aliphatic rings. The molecule has 1 heterocycles. The van der Waals surface area contributed by atoms with Crippen molar-refractivity contribution >= 4 is 29.0 Å². The van der Waals surface area contributed by atoms with Crippen molar-refractivity contribution in [3.63, 3.8) is 0 Å². The van der Waals surface area contributed by atoms with Gasteiger partial charge in [-0.05, 0) is 56.2 Å². The normalized spacial score (nSPS) is 19.0. The number of hydrogen-bond donors (Lipinski definition) is 1. The number of aliphatic imine (C=N–C) groups is 1. The Balaban J connectivity index is 2.00. The maximum atomic E-state index is 12.9. The Bertz CT molecular complexity index is 863. The summed E-state index contributed by atoms with van der Waals surface area (Å²) >= 11 is 5.37. The van der Waals surface area contributed by atoms with Gasteiger partial charge in [0.25, 0.3) is 0 Å². The SMILES string of the molecule is CCOC(=O)C1C(c2ccccc2)=NC(=S)NC1c1ccc(OC(C)C)cc1. The standard InChI is InChI=1S/C22H24N2O3S/c1-4-26-21(25)18-19(15-8-6-5-7-9-15)23-22(28)24-20(18)16-10-12-17(13-11-16)27-14(2)3/h5-14,18,20H,4H2,1-3H3,(H,24,28). The largest absolute Gasteiger partial charge is 0.491 e. The number of carbonyl (C=O) groups excluding carboxylic acids is 1. The van der Waals surface area contributed by atoms with Gasteiger partial charge in [0.1, 0.15) is 11.7 Å². The number of nitrogens with zero attached hydrogens (tertiary/aromatic N) is 1. The van der Waals surface area contributed by atoms with Crippen LogP contribution in [0.5, 0.6) is 5.75 Å². The molecule has 3 rings (SSSR count). The highest BCUT2D eigenvalue weighted by Crippen LogP contribution is 2.31. The molecule has 0 spiro atoms. The highest BCUT2D eigenvalue weighted by atomic mass is 32.1. The van der Waals surface area contributed by atoms with Crippen molar-refractivity contribution in [1.82, 2.24) is 5.32 Å². The van der Waals surface area contributed by atoms with E-state index in [-0.39, 0.29) is 18.1 Å². The zero-order chi connectivity index (χ0) is 20.1. The lowest BCUT2D eigenvalue weighted by Gasteiger charge is -2.32. The predicted octanol–water partition coefficient (Wildman–Crippen LogP) is 4.07. The van der Waals surface area contributed by atoms with Gasteiger partial charge in [-0.25, -0.2) is 4.99 Å². The lowest BCUT2D eigenvalue weighted by atomic mass is 9.84. The maximum Gasteiger partial charge on any atom is 0.317 e. The topological polar surface area (TPSA) is 59.9 Å². The third-order valence-electron chi connectivity index (χ3n) is 4.35. The molecular formula is C22H24N2O3S. The molecule has 6 heteroatoms. The molecule has 2 aromatic carbocycles. The molecule has 2 atom stereocenters. The molecule has 28 heavy (non-hydrogen) atoms. The summed E-state index contributed by atoms with van der Waals surface area (Å²) in [6.07, 6.45) is 0.0929. The molecule has 0 aliphatic carbocycles. The average molecular weight is 397 g/mol. The van der Waals surface area contributed by atoms with Crippen LogP contribution in [0, 0.1) is 5.92 Å². The highest BCUT2D eigenvalue weighted by molar-refractivity contribution is 7.80. The first-order chi connectivity index (χ1) is 13.5. The molecule has 0 radical (unpaired) electrons. The number of carbonyl (C=O) groups is 1. The zero-order valence-corrected chi connectivity index (χ0v) is 17.0. The van der Waals surface area contributed by atoms with Crippen LogP contribution in [-0.4, -0.2) is 29.5 Å². The van der Waals surface area contributed by atoms with E-state index in [1.165, 1.54) is 0 Å². The summed E-state index contributed by atoms with van der Waals surface area (Å²) < 4.78 is 11.1. The van der Waals surface area contributed by atoms with Gasteiger partial charge < -0.3 is 14.8 Å². The number of hydrogen-bond acceptors (Lipinski definition) is 4. The van der Waals surface area contributed by atoms with Gasteiger partial charge in [-0.2, -0.15) is 0 Å². The lowest BCUT2D eigenvalue weighted by Crippen LogP contribution is -2.45. The number of thiocarbonyl (C=S) groups is 1. The molecule has 0 aromatic heterocycles. The monoisotopic (exact) mass is 396 g/mol. The summed E-state index contributed by atoms with van der Waals surface area (Å²) in [6, 6.07) is 16.9. The summed E-state index contributed by atoms with van der Waals surface area (Å²) in [5, 5.41) is 3.54. The molecule has 1 aliphatic heterocycles. The summed E-state index contributed by atoms with van der Waals surface area (Å²) in [4.78, 5) is 17.4. The van der Waals surface area contributed by atoms with Crippen molar-refractivity contribution in [2.45, 2.75) is 32.9 Å². The van der Waals surface area contributed by atoms with Crippen LogP contribution in [0.15, 0.2) is 59.6 Å². The van der Waals surface area contributed by atoms with E-state index in [2.05, 4.69) is 10.3 Å². The number of ether oxygens (including phenoxy) is 2. The molecule has 0 saturated carbocycles. The van der Waals surface area contributed by atoms with Crippen molar-refractivity contribution in [3.05, 3.63) is 65.7 Å². The van der Waals surface area contributed by atoms with E-state index < -0.39 is 5.92 Å². The highest BCUT2D eigenvalue weighted by Gasteiger charge is 2.39. The maximum absolute atomic E-state index is 12.9. The van der Waals surface area contributed by atoms with E-state index in [0.717, 1.165) is 16.9 Å². The first kappa shape index (κ1) is 20.0. The van der Waals surface area contributed by atoms with Gasteiger partial charge in [-0.15, -0.1) is 0 Å². The van der Waals surface area contributed by atoms with Gasteiger partial charge in [0.05, 0.1) is 24.5 Å². The second-order valence-electron chi connectivity index (χ2n) is 6.76. The van der Waals surface area contributed by atoms with Crippen molar-refractivity contribution in [3.8, 4) is 5.75 Å². The Morgan fingerprint density at radius 1 is 1.14 bits per heavy atom. The van der Waals surface area contributed by atoms with Crippen molar-refractivity contribution in [2.24, 2.45) is 10.9 Å². The molecule has 2 unspecified atom stereocenters. The Hall–Kier alpha value is -2.73. The summed E-state index contributed by atoms with van der Waals surface area (Å²) in [5.74, 6) is -0.153. The molecule has 146 valence electrons. The summed E-state index contributed by atoms with van der Waals surface area (Å²) in [6.45, 7) is 6.06. The van der Waals surface area contributed by atoms with Crippen LogP contribution in [0.1, 0.15) is 37.9 Å². The molecule has 2 aromatic rings. The van der Waals surface area contributed by atoms with E-state index >= 15 is 0 Å². The summed E-state index contributed by atoms with van der Waals surface area (Å²) in [7, 11) is 0. The third-order valence-corrected chi connectivity index (χ3v) is 4.56. The van der Waals surface area contributed by atoms with Gasteiger partial charge in [-0.1, -0.05) is 42.5 Å². The van der Waals surface area contributed by atoms with E-state index in [1.807, 2.05) is 68.4 Å². The van der Waals surface area contributed by atoms with Crippen LogP contribution in [0.2, 0.25) is 0 Å². The molecule has 0 amide bonds. The van der Waals surface area contributed by atoms with Gasteiger partial charge in [-0.3, -0.25) is 4.79 Å².